The molecule has 0 aromatic rings. The van der Waals surface area contributed by atoms with Gasteiger partial charge in [-0.2, -0.15) is 0 Å². The standard InChI is InChI=1S/C43H80N2O/c1-6-8-10-12-14-16-18-20-22-24-26-28-30-32-34-36-38-43(46-44-42(3)40-41-45(4)5)39-37-35-33-31-29-27-25-23-21-19-17-15-13-11-9-7-2/h14-17,20-23,43H,6-13,18-19,24-41H2,1-5H3/b16-14-,17-15-,22-20-,23-21-,44-42-. The first-order valence-corrected chi connectivity index (χ1v) is 20.0. The van der Waals surface area contributed by atoms with Crippen LogP contribution < -0.4 is 0 Å². The summed E-state index contributed by atoms with van der Waals surface area (Å²) >= 11 is 0. The van der Waals surface area contributed by atoms with Gasteiger partial charge in [-0.05, 0) is 111 Å². The zero-order valence-electron chi connectivity index (χ0n) is 31.8. The fourth-order valence-electron chi connectivity index (χ4n) is 5.57. The zero-order chi connectivity index (χ0) is 33.6. The van der Waals surface area contributed by atoms with E-state index in [0.717, 1.165) is 44.4 Å². The molecule has 46 heavy (non-hydrogen) atoms. The Kier molecular flexibility index (Phi) is 36.5. The lowest BCUT2D eigenvalue weighted by Gasteiger charge is -2.16. The molecule has 268 valence electrons. The Morgan fingerprint density at radius 2 is 0.891 bits per heavy atom. The van der Waals surface area contributed by atoms with Gasteiger partial charge in [0, 0.05) is 13.0 Å². The Hall–Kier alpha value is -1.61. The zero-order valence-corrected chi connectivity index (χ0v) is 31.8. The molecule has 0 radical (unpaired) electrons. The van der Waals surface area contributed by atoms with Gasteiger partial charge in [-0.3, -0.25) is 0 Å². The van der Waals surface area contributed by atoms with E-state index in [9.17, 15) is 0 Å². The normalized spacial score (nSPS) is 12.9. The topological polar surface area (TPSA) is 24.8 Å². The van der Waals surface area contributed by atoms with Crippen molar-refractivity contribution >= 4 is 5.71 Å². The molecule has 0 aromatic heterocycles. The maximum atomic E-state index is 6.13. The molecule has 3 nitrogen and oxygen atoms in total. The van der Waals surface area contributed by atoms with Crippen LogP contribution in [0.1, 0.15) is 194 Å². The number of allylic oxidation sites excluding steroid dienone is 8. The van der Waals surface area contributed by atoms with Crippen LogP contribution in [-0.4, -0.2) is 37.4 Å². The Morgan fingerprint density at radius 3 is 1.28 bits per heavy atom. The van der Waals surface area contributed by atoms with E-state index < -0.39 is 0 Å². The molecule has 0 N–H and O–H groups in total. The average molecular weight is 641 g/mol. The van der Waals surface area contributed by atoms with Crippen molar-refractivity contribution in [3.05, 3.63) is 48.6 Å². The predicted molar refractivity (Wildman–Crippen MR) is 209 cm³/mol. The van der Waals surface area contributed by atoms with Crippen LogP contribution in [0.5, 0.6) is 0 Å². The second-order valence-corrected chi connectivity index (χ2v) is 13.9. The van der Waals surface area contributed by atoms with Gasteiger partial charge >= 0.3 is 0 Å². The maximum absolute atomic E-state index is 6.13. The Balaban J connectivity index is 4.04. The summed E-state index contributed by atoms with van der Waals surface area (Å²) in [5.74, 6) is 0. The summed E-state index contributed by atoms with van der Waals surface area (Å²) in [4.78, 5) is 8.34. The first kappa shape index (κ1) is 44.4. The summed E-state index contributed by atoms with van der Waals surface area (Å²) in [6.07, 6.45) is 53.6. The van der Waals surface area contributed by atoms with E-state index in [0.29, 0.717) is 0 Å². The van der Waals surface area contributed by atoms with E-state index in [1.165, 1.54) is 141 Å². The Labute approximate surface area is 289 Å². The molecule has 0 amide bonds. The van der Waals surface area contributed by atoms with Gasteiger partial charge in [0.15, 0.2) is 0 Å². The number of oxime groups is 1. The van der Waals surface area contributed by atoms with Gasteiger partial charge in [0.05, 0.1) is 5.71 Å². The predicted octanol–water partition coefficient (Wildman–Crippen LogP) is 14.1. The maximum Gasteiger partial charge on any atom is 0.127 e. The molecule has 3 heteroatoms. The van der Waals surface area contributed by atoms with Crippen molar-refractivity contribution in [2.75, 3.05) is 20.6 Å². The summed E-state index contributed by atoms with van der Waals surface area (Å²) < 4.78 is 0. The molecule has 0 aromatic carbocycles. The highest BCUT2D eigenvalue weighted by Crippen LogP contribution is 2.18. The van der Waals surface area contributed by atoms with Crippen LogP contribution in [0.25, 0.3) is 0 Å². The highest BCUT2D eigenvalue weighted by Gasteiger charge is 2.10. The van der Waals surface area contributed by atoms with Crippen molar-refractivity contribution in [2.45, 2.75) is 200 Å². The summed E-state index contributed by atoms with van der Waals surface area (Å²) in [6.45, 7) is 7.68. The van der Waals surface area contributed by atoms with Gasteiger partial charge < -0.3 is 9.74 Å². The van der Waals surface area contributed by atoms with Crippen LogP contribution in [0, 0.1) is 0 Å². The molecule has 0 aliphatic carbocycles. The monoisotopic (exact) mass is 641 g/mol. The van der Waals surface area contributed by atoms with Crippen molar-refractivity contribution < 1.29 is 4.84 Å². The molecule has 0 unspecified atom stereocenters. The molecule has 0 atom stereocenters. The third kappa shape index (κ3) is 36.9. The average Bonchev–Trinajstić information content (AvgIpc) is 3.05. The fraction of sp³-hybridized carbons (Fsp3) is 0.791. The van der Waals surface area contributed by atoms with E-state index in [4.69, 9.17) is 4.84 Å². The van der Waals surface area contributed by atoms with E-state index in [1.54, 1.807) is 0 Å². The summed E-state index contributed by atoms with van der Waals surface area (Å²) in [5.41, 5.74) is 1.12. The second-order valence-electron chi connectivity index (χ2n) is 13.9. The Morgan fingerprint density at radius 1 is 0.522 bits per heavy atom. The highest BCUT2D eigenvalue weighted by atomic mass is 16.6. The third-order valence-corrected chi connectivity index (χ3v) is 8.73. The lowest BCUT2D eigenvalue weighted by molar-refractivity contribution is 0.0424. The molecule has 0 rings (SSSR count). The molecule has 0 fully saturated rings. The van der Waals surface area contributed by atoms with Gasteiger partial charge in [-0.15, -0.1) is 0 Å². The van der Waals surface area contributed by atoms with Gasteiger partial charge in [0.25, 0.3) is 0 Å². The molecule has 0 saturated heterocycles. The van der Waals surface area contributed by atoms with Crippen molar-refractivity contribution in [1.29, 1.82) is 0 Å². The third-order valence-electron chi connectivity index (χ3n) is 8.73. The van der Waals surface area contributed by atoms with Crippen LogP contribution in [0.15, 0.2) is 53.8 Å². The highest BCUT2D eigenvalue weighted by molar-refractivity contribution is 5.81. The molecular weight excluding hydrogens is 560 g/mol. The first-order chi connectivity index (χ1) is 22.6. The van der Waals surface area contributed by atoms with Crippen LogP contribution in [-0.2, 0) is 4.84 Å². The van der Waals surface area contributed by atoms with Crippen molar-refractivity contribution in [3.8, 4) is 0 Å². The van der Waals surface area contributed by atoms with Gasteiger partial charge in [0.1, 0.15) is 6.10 Å². The number of hydrogen-bond donors (Lipinski definition) is 0. The number of rotatable bonds is 35. The summed E-state index contributed by atoms with van der Waals surface area (Å²) in [7, 11) is 4.24. The van der Waals surface area contributed by atoms with Crippen molar-refractivity contribution in [3.63, 3.8) is 0 Å². The molecule has 0 aliphatic heterocycles. The lowest BCUT2D eigenvalue weighted by atomic mass is 10.0. The number of hydrogen-bond acceptors (Lipinski definition) is 3. The molecular formula is C43H80N2O. The van der Waals surface area contributed by atoms with E-state index in [2.05, 4.69) is 93.5 Å². The molecule has 0 bridgehead atoms. The van der Waals surface area contributed by atoms with Gasteiger partial charge in [-0.25, -0.2) is 0 Å². The molecule has 0 heterocycles. The minimum Gasteiger partial charge on any atom is -0.393 e. The van der Waals surface area contributed by atoms with Crippen molar-refractivity contribution in [2.24, 2.45) is 5.16 Å². The van der Waals surface area contributed by atoms with Gasteiger partial charge in [0.2, 0.25) is 0 Å². The van der Waals surface area contributed by atoms with Crippen LogP contribution in [0.2, 0.25) is 0 Å². The van der Waals surface area contributed by atoms with E-state index in [1.807, 2.05) is 0 Å². The minimum atomic E-state index is 0.283. The molecule has 0 saturated carbocycles. The van der Waals surface area contributed by atoms with E-state index >= 15 is 0 Å². The van der Waals surface area contributed by atoms with E-state index in [-0.39, 0.29) is 6.10 Å². The summed E-state index contributed by atoms with van der Waals surface area (Å²) in [6, 6.07) is 0. The summed E-state index contributed by atoms with van der Waals surface area (Å²) in [5, 5.41) is 4.55. The molecule has 0 aliphatic rings. The van der Waals surface area contributed by atoms with Gasteiger partial charge in [-0.1, -0.05) is 145 Å². The second kappa shape index (κ2) is 37.8. The largest absolute Gasteiger partial charge is 0.393 e. The van der Waals surface area contributed by atoms with Crippen LogP contribution >= 0.6 is 0 Å². The first-order valence-electron chi connectivity index (χ1n) is 20.0. The molecule has 0 spiro atoms. The van der Waals surface area contributed by atoms with Crippen LogP contribution in [0.4, 0.5) is 0 Å². The number of unbranched alkanes of at least 4 members (excludes halogenated alkanes) is 18. The SMILES string of the molecule is CCCCC/C=C\C/C=C\CCCCCCCCC(CCCCCCCC/C=C\C/C=C\CCCCC)O/N=C(/C)CCN(C)C. The minimum absolute atomic E-state index is 0.283. The smallest absolute Gasteiger partial charge is 0.127 e. The quantitative estimate of drug-likeness (QED) is 0.0298. The Bertz CT molecular complexity index is 700. The lowest BCUT2D eigenvalue weighted by Crippen LogP contribution is -2.16. The van der Waals surface area contributed by atoms with Crippen molar-refractivity contribution in [1.82, 2.24) is 4.90 Å². The number of nitrogens with zero attached hydrogens (tertiary/aromatic N) is 2. The van der Waals surface area contributed by atoms with Crippen LogP contribution in [0.3, 0.4) is 0 Å². The fourth-order valence-corrected chi connectivity index (χ4v) is 5.57.